The molecule has 0 saturated carbocycles. The van der Waals surface area contributed by atoms with Gasteiger partial charge in [0.15, 0.2) is 0 Å². The summed E-state index contributed by atoms with van der Waals surface area (Å²) < 4.78 is 0. The molecule has 0 amide bonds. The Morgan fingerprint density at radius 3 is 1.90 bits per heavy atom. The Morgan fingerprint density at radius 2 is 1.34 bits per heavy atom. The van der Waals surface area contributed by atoms with Crippen LogP contribution >= 0.6 is 0 Å². The molecule has 1 heterocycles. The van der Waals surface area contributed by atoms with Crippen molar-refractivity contribution in [1.29, 1.82) is 0 Å². The molecule has 0 unspecified atom stereocenters. The quantitative estimate of drug-likeness (QED) is 0.656. The first-order chi connectivity index (χ1) is 14.1. The van der Waals surface area contributed by atoms with Gasteiger partial charge in [0.1, 0.15) is 12.1 Å². The molecule has 0 bridgehead atoms. The van der Waals surface area contributed by atoms with Crippen LogP contribution in [0.25, 0.3) is 0 Å². The van der Waals surface area contributed by atoms with Gasteiger partial charge in [-0.25, -0.2) is 0 Å². The van der Waals surface area contributed by atoms with Crippen molar-refractivity contribution < 1.29 is 10.4 Å². The van der Waals surface area contributed by atoms with Crippen molar-refractivity contribution >= 4 is 0 Å². The maximum absolute atomic E-state index is 12.2. The van der Waals surface area contributed by atoms with Gasteiger partial charge in [-0.1, -0.05) is 105 Å². The second-order valence-corrected chi connectivity index (χ2v) is 8.89. The van der Waals surface area contributed by atoms with Crippen LogP contribution in [0.2, 0.25) is 0 Å². The topological polar surface area (TPSA) is 36.8 Å². The van der Waals surface area contributed by atoms with E-state index in [-0.39, 0.29) is 18.0 Å². The lowest BCUT2D eigenvalue weighted by Gasteiger charge is -2.48. The average Bonchev–Trinajstić information content (AvgIpc) is 2.74. The zero-order valence-electron chi connectivity index (χ0n) is 17.4. The number of hydrogen-bond donors (Lipinski definition) is 2. The highest BCUT2D eigenvalue weighted by atomic mass is 16.3. The lowest BCUT2D eigenvalue weighted by molar-refractivity contribution is -0.758. The molecule has 4 rings (SSSR count). The minimum Gasteiger partial charge on any atom is -0.389 e. The van der Waals surface area contributed by atoms with E-state index in [1.165, 1.54) is 16.7 Å². The summed E-state index contributed by atoms with van der Waals surface area (Å²) in [7, 11) is 0. The predicted molar refractivity (Wildman–Crippen MR) is 118 cm³/mol. The van der Waals surface area contributed by atoms with Gasteiger partial charge in [-0.15, -0.1) is 0 Å². The molecule has 1 saturated heterocycles. The molecule has 4 atom stereocenters. The molecule has 3 aromatic rings. The molecule has 1 fully saturated rings. The monoisotopic (exact) mass is 386 g/mol. The molecule has 0 radical (unpaired) electrons. The Labute approximate surface area is 174 Å². The fourth-order valence-electron chi connectivity index (χ4n) is 5.39. The van der Waals surface area contributed by atoms with Crippen molar-refractivity contribution in [3.63, 3.8) is 0 Å². The molecule has 0 aromatic heterocycles. The van der Waals surface area contributed by atoms with E-state index in [4.69, 9.17) is 0 Å². The van der Waals surface area contributed by atoms with E-state index in [1.54, 1.807) is 0 Å². The van der Waals surface area contributed by atoms with E-state index in [1.807, 2.05) is 6.07 Å². The van der Waals surface area contributed by atoms with Gasteiger partial charge in [0.2, 0.25) is 0 Å². The van der Waals surface area contributed by atoms with Crippen molar-refractivity contribution in [2.75, 3.05) is 0 Å². The van der Waals surface area contributed by atoms with E-state index < -0.39 is 5.60 Å². The van der Waals surface area contributed by atoms with Crippen LogP contribution in [0.15, 0.2) is 91.0 Å². The van der Waals surface area contributed by atoms with Crippen LogP contribution in [-0.2, 0) is 6.42 Å². The van der Waals surface area contributed by atoms with Crippen LogP contribution in [0.5, 0.6) is 0 Å². The Bertz CT molecular complexity index is 894. The summed E-state index contributed by atoms with van der Waals surface area (Å²) in [5, 5.41) is 14.7. The average molecular weight is 387 g/mol. The number of aliphatic hydroxyl groups is 1. The summed E-state index contributed by atoms with van der Waals surface area (Å²) in [6.45, 7) is 4.51. The minimum atomic E-state index is -0.759. The van der Waals surface area contributed by atoms with Gasteiger partial charge in [0.05, 0.1) is 5.60 Å². The first kappa shape index (κ1) is 19.9. The lowest BCUT2D eigenvalue weighted by atomic mass is 9.64. The minimum absolute atomic E-state index is 0.171. The van der Waals surface area contributed by atoms with E-state index in [2.05, 4.69) is 104 Å². The SMILES string of the molecule is CC(C)[C@H]1[C@@H](c2ccccc2)[NH2+][C@H](c2ccccc2)C[C@]1(O)Cc1ccccc1. The van der Waals surface area contributed by atoms with Crippen LogP contribution in [0.4, 0.5) is 0 Å². The zero-order chi connectivity index (χ0) is 20.3. The van der Waals surface area contributed by atoms with Gasteiger partial charge in [0.25, 0.3) is 0 Å². The Morgan fingerprint density at radius 1 is 0.828 bits per heavy atom. The summed E-state index contributed by atoms with van der Waals surface area (Å²) in [4.78, 5) is 0. The standard InChI is InChI=1S/C27H31NO/c1-20(2)25-26(23-16-10-5-11-17-23)28-24(22-14-8-4-9-15-22)19-27(25,29)18-21-12-6-3-7-13-21/h3-17,20,24-26,28-29H,18-19H2,1-2H3/p+1/t24-,25-,26+,27+/m0/s1. The maximum Gasteiger partial charge on any atom is 0.118 e. The fourth-order valence-corrected chi connectivity index (χ4v) is 5.39. The van der Waals surface area contributed by atoms with Gasteiger partial charge in [0, 0.05) is 29.9 Å². The van der Waals surface area contributed by atoms with Gasteiger partial charge < -0.3 is 10.4 Å². The first-order valence-corrected chi connectivity index (χ1v) is 10.8. The molecule has 0 spiro atoms. The van der Waals surface area contributed by atoms with E-state index in [9.17, 15) is 5.11 Å². The number of benzene rings is 3. The van der Waals surface area contributed by atoms with Gasteiger partial charge in [-0.3, -0.25) is 0 Å². The largest absolute Gasteiger partial charge is 0.389 e. The fraction of sp³-hybridized carbons (Fsp3) is 0.333. The van der Waals surface area contributed by atoms with Crippen LogP contribution < -0.4 is 5.32 Å². The van der Waals surface area contributed by atoms with Crippen molar-refractivity contribution in [3.05, 3.63) is 108 Å². The smallest absolute Gasteiger partial charge is 0.118 e. The molecule has 2 heteroatoms. The Hall–Kier alpha value is -2.42. The molecule has 29 heavy (non-hydrogen) atoms. The normalized spacial score (nSPS) is 27.1. The van der Waals surface area contributed by atoms with Crippen molar-refractivity contribution in [1.82, 2.24) is 0 Å². The highest BCUT2D eigenvalue weighted by molar-refractivity contribution is 5.25. The van der Waals surface area contributed by atoms with Gasteiger partial charge in [-0.2, -0.15) is 0 Å². The zero-order valence-corrected chi connectivity index (χ0v) is 17.4. The summed E-state index contributed by atoms with van der Waals surface area (Å²) in [6.07, 6.45) is 1.45. The summed E-state index contributed by atoms with van der Waals surface area (Å²) in [5.74, 6) is 0.548. The lowest BCUT2D eigenvalue weighted by Crippen LogP contribution is -2.92. The van der Waals surface area contributed by atoms with Gasteiger partial charge >= 0.3 is 0 Å². The molecule has 1 aliphatic rings. The molecule has 3 aromatic carbocycles. The number of nitrogens with two attached hydrogens (primary N) is 1. The van der Waals surface area contributed by atoms with Crippen LogP contribution in [0, 0.1) is 11.8 Å². The third-order valence-corrected chi connectivity index (χ3v) is 6.50. The molecule has 1 aliphatic heterocycles. The number of rotatable bonds is 5. The molecule has 0 aliphatic carbocycles. The molecular weight excluding hydrogens is 354 g/mol. The maximum atomic E-state index is 12.2. The van der Waals surface area contributed by atoms with Crippen molar-refractivity contribution in [2.24, 2.45) is 11.8 Å². The van der Waals surface area contributed by atoms with Gasteiger partial charge in [-0.05, 0) is 11.5 Å². The number of piperidine rings is 1. The third-order valence-electron chi connectivity index (χ3n) is 6.50. The third kappa shape index (κ3) is 4.29. The molecule has 3 N–H and O–H groups in total. The molecular formula is C27H32NO+. The highest BCUT2D eigenvalue weighted by Crippen LogP contribution is 2.44. The highest BCUT2D eigenvalue weighted by Gasteiger charge is 2.52. The van der Waals surface area contributed by atoms with Crippen LogP contribution in [0.1, 0.15) is 49.0 Å². The number of quaternary nitrogens is 1. The van der Waals surface area contributed by atoms with Crippen molar-refractivity contribution in [3.8, 4) is 0 Å². The summed E-state index contributed by atoms with van der Waals surface area (Å²) in [6, 6.07) is 32.3. The summed E-state index contributed by atoms with van der Waals surface area (Å²) in [5.41, 5.74) is 3.05. The number of hydrogen-bond acceptors (Lipinski definition) is 1. The van der Waals surface area contributed by atoms with E-state index in [0.717, 1.165) is 6.42 Å². The second-order valence-electron chi connectivity index (χ2n) is 8.89. The first-order valence-electron chi connectivity index (χ1n) is 10.8. The van der Waals surface area contributed by atoms with E-state index in [0.29, 0.717) is 12.3 Å². The Kier molecular flexibility index (Phi) is 5.84. The van der Waals surface area contributed by atoms with E-state index >= 15 is 0 Å². The van der Waals surface area contributed by atoms with Crippen LogP contribution in [-0.4, -0.2) is 10.7 Å². The Balaban J connectivity index is 1.77. The second kappa shape index (κ2) is 8.52. The van der Waals surface area contributed by atoms with Crippen LogP contribution in [0.3, 0.4) is 0 Å². The summed E-state index contributed by atoms with van der Waals surface area (Å²) >= 11 is 0. The molecule has 2 nitrogen and oxygen atoms in total. The molecule has 150 valence electrons. The predicted octanol–water partition coefficient (Wildman–Crippen LogP) is 4.68. The van der Waals surface area contributed by atoms with Crippen molar-refractivity contribution in [2.45, 2.75) is 44.4 Å².